The molecule has 5 heteroatoms. The molecular weight excluding hydrogens is 332 g/mol. The number of carbonyl (C=O) groups is 2. The maximum absolute atomic E-state index is 11.2. The molecule has 4 fully saturated rings. The molecule has 0 aromatic rings. The van der Waals surface area contributed by atoms with Crippen molar-refractivity contribution < 1.29 is 24.2 Å². The van der Waals surface area contributed by atoms with E-state index in [2.05, 4.69) is 13.8 Å². The van der Waals surface area contributed by atoms with E-state index in [1.807, 2.05) is 0 Å². The number of hydrogen-bond acceptors (Lipinski definition) is 5. The summed E-state index contributed by atoms with van der Waals surface area (Å²) in [6.07, 6.45) is 7.54. The second-order valence-corrected chi connectivity index (χ2v) is 9.78. The molecule has 1 N–H and O–H groups in total. The highest BCUT2D eigenvalue weighted by molar-refractivity contribution is 5.38. The van der Waals surface area contributed by atoms with Crippen LogP contribution < -0.4 is 0 Å². The molecule has 5 nitrogen and oxygen atoms in total. The van der Waals surface area contributed by atoms with E-state index in [0.717, 1.165) is 51.4 Å². The Morgan fingerprint density at radius 3 is 2.46 bits per heavy atom. The van der Waals surface area contributed by atoms with Crippen LogP contribution in [0.4, 0.5) is 0 Å². The number of aliphatic hydroxyl groups is 1. The summed E-state index contributed by atoms with van der Waals surface area (Å²) in [7, 11) is 0. The van der Waals surface area contributed by atoms with Gasteiger partial charge in [-0.1, -0.05) is 13.8 Å². The summed E-state index contributed by atoms with van der Waals surface area (Å²) >= 11 is 0. The van der Waals surface area contributed by atoms with E-state index in [1.165, 1.54) is 0 Å². The number of ether oxygens (including phenoxy) is 2. The van der Waals surface area contributed by atoms with Crippen LogP contribution in [-0.4, -0.2) is 36.4 Å². The fourth-order valence-electron chi connectivity index (χ4n) is 7.79. The first-order valence-corrected chi connectivity index (χ1v) is 10.3. The van der Waals surface area contributed by atoms with Gasteiger partial charge in [0.15, 0.2) is 0 Å². The topological polar surface area (TPSA) is 72.8 Å². The summed E-state index contributed by atoms with van der Waals surface area (Å²) in [5, 5.41) is 11.2. The van der Waals surface area contributed by atoms with Crippen LogP contribution in [0.1, 0.15) is 65.2 Å². The van der Waals surface area contributed by atoms with Gasteiger partial charge in [0.1, 0.15) is 12.2 Å². The molecule has 146 valence electrons. The predicted molar refractivity (Wildman–Crippen MR) is 95.0 cm³/mol. The van der Waals surface area contributed by atoms with Crippen molar-refractivity contribution in [3.05, 3.63) is 0 Å². The SMILES string of the molecule is CC12CC(O)C3C(CCC4CC(OC=O)CCC43C)C1CCC2OC=O. The van der Waals surface area contributed by atoms with E-state index in [9.17, 15) is 14.7 Å². The second-order valence-electron chi connectivity index (χ2n) is 9.78. The first-order valence-electron chi connectivity index (χ1n) is 10.3. The lowest BCUT2D eigenvalue weighted by molar-refractivity contribution is -0.190. The standard InChI is InChI=1S/C21H32O5/c1-20-8-7-14(25-11-22)9-13(20)3-4-15-16-5-6-18(26-12-23)21(16,2)10-17(24)19(15)20/h11-19,24H,3-10H2,1-2H3. The van der Waals surface area contributed by atoms with Gasteiger partial charge in [0, 0.05) is 5.41 Å². The summed E-state index contributed by atoms with van der Waals surface area (Å²) < 4.78 is 10.7. The quantitative estimate of drug-likeness (QED) is 0.776. The molecule has 0 aromatic heterocycles. The molecule has 0 saturated heterocycles. The molecule has 4 aliphatic carbocycles. The minimum atomic E-state index is -0.339. The average Bonchev–Trinajstić information content (AvgIpc) is 2.91. The Morgan fingerprint density at radius 1 is 0.962 bits per heavy atom. The van der Waals surface area contributed by atoms with Crippen molar-refractivity contribution in [3.8, 4) is 0 Å². The van der Waals surface area contributed by atoms with Crippen LogP contribution in [0, 0.1) is 34.5 Å². The van der Waals surface area contributed by atoms with Crippen molar-refractivity contribution in [3.63, 3.8) is 0 Å². The van der Waals surface area contributed by atoms with E-state index < -0.39 is 0 Å². The van der Waals surface area contributed by atoms with Gasteiger partial charge in [-0.3, -0.25) is 9.59 Å². The van der Waals surface area contributed by atoms with Crippen molar-refractivity contribution in [2.75, 3.05) is 0 Å². The Hall–Kier alpha value is -1.10. The van der Waals surface area contributed by atoms with Crippen molar-refractivity contribution in [2.24, 2.45) is 34.5 Å². The van der Waals surface area contributed by atoms with Gasteiger partial charge in [-0.15, -0.1) is 0 Å². The Morgan fingerprint density at radius 2 is 1.73 bits per heavy atom. The molecule has 9 atom stereocenters. The van der Waals surface area contributed by atoms with Gasteiger partial charge in [0.05, 0.1) is 6.10 Å². The van der Waals surface area contributed by atoms with Crippen LogP contribution in [0.25, 0.3) is 0 Å². The third kappa shape index (κ3) is 2.53. The molecule has 0 spiro atoms. The second kappa shape index (κ2) is 6.50. The highest BCUT2D eigenvalue weighted by Gasteiger charge is 2.63. The van der Waals surface area contributed by atoms with E-state index in [0.29, 0.717) is 36.6 Å². The molecule has 0 radical (unpaired) electrons. The number of fused-ring (bicyclic) bond motifs is 5. The van der Waals surface area contributed by atoms with Crippen molar-refractivity contribution >= 4 is 12.9 Å². The molecule has 0 aliphatic heterocycles. The molecule has 0 bridgehead atoms. The maximum atomic E-state index is 11.2. The van der Waals surface area contributed by atoms with E-state index >= 15 is 0 Å². The third-order valence-electron chi connectivity index (χ3n) is 8.93. The number of hydrogen-bond donors (Lipinski definition) is 1. The summed E-state index contributed by atoms with van der Waals surface area (Å²) in [6.45, 7) is 5.77. The Bertz CT molecular complexity index is 565. The highest BCUT2D eigenvalue weighted by atomic mass is 16.5. The highest BCUT2D eigenvalue weighted by Crippen LogP contribution is 2.66. The summed E-state index contributed by atoms with van der Waals surface area (Å²) in [6, 6.07) is 0. The van der Waals surface area contributed by atoms with Crippen LogP contribution in [0.2, 0.25) is 0 Å². The first kappa shape index (κ1) is 18.3. The molecule has 4 saturated carbocycles. The fraction of sp³-hybridized carbons (Fsp3) is 0.905. The van der Waals surface area contributed by atoms with Crippen molar-refractivity contribution in [1.82, 2.24) is 0 Å². The predicted octanol–water partition coefficient (Wildman–Crippen LogP) is 3.08. The molecule has 4 rings (SSSR count). The van der Waals surface area contributed by atoms with Gasteiger partial charge in [0.2, 0.25) is 0 Å². The summed E-state index contributed by atoms with van der Waals surface area (Å²) in [5.41, 5.74) is 0.0263. The number of aliphatic hydroxyl groups excluding tert-OH is 1. The zero-order chi connectivity index (χ0) is 18.5. The molecular formula is C21H32O5. The van der Waals surface area contributed by atoms with Crippen molar-refractivity contribution in [2.45, 2.75) is 83.5 Å². The lowest BCUT2D eigenvalue weighted by Crippen LogP contribution is -2.59. The molecule has 4 aliphatic rings. The Labute approximate surface area is 155 Å². The molecule has 0 aromatic carbocycles. The van der Waals surface area contributed by atoms with Crippen LogP contribution in [0.5, 0.6) is 0 Å². The van der Waals surface area contributed by atoms with E-state index in [4.69, 9.17) is 9.47 Å². The van der Waals surface area contributed by atoms with E-state index in [1.54, 1.807) is 0 Å². The van der Waals surface area contributed by atoms with Gasteiger partial charge >= 0.3 is 0 Å². The van der Waals surface area contributed by atoms with Crippen LogP contribution in [0.15, 0.2) is 0 Å². The largest absolute Gasteiger partial charge is 0.465 e. The minimum Gasteiger partial charge on any atom is -0.465 e. The molecule has 0 heterocycles. The summed E-state index contributed by atoms with van der Waals surface area (Å²) in [4.78, 5) is 21.7. The fourth-order valence-corrected chi connectivity index (χ4v) is 7.79. The monoisotopic (exact) mass is 364 g/mol. The zero-order valence-corrected chi connectivity index (χ0v) is 15.9. The van der Waals surface area contributed by atoms with Gasteiger partial charge in [-0.2, -0.15) is 0 Å². The van der Waals surface area contributed by atoms with Gasteiger partial charge < -0.3 is 14.6 Å². The first-order chi connectivity index (χ1) is 12.4. The summed E-state index contributed by atoms with van der Waals surface area (Å²) in [5.74, 6) is 1.87. The van der Waals surface area contributed by atoms with Gasteiger partial charge in [-0.25, -0.2) is 0 Å². The van der Waals surface area contributed by atoms with Gasteiger partial charge in [0.25, 0.3) is 12.9 Å². The minimum absolute atomic E-state index is 0.0463. The van der Waals surface area contributed by atoms with Crippen LogP contribution in [-0.2, 0) is 19.1 Å². The van der Waals surface area contributed by atoms with Gasteiger partial charge in [-0.05, 0) is 80.5 Å². The average molecular weight is 364 g/mol. The van der Waals surface area contributed by atoms with Crippen LogP contribution >= 0.6 is 0 Å². The lowest BCUT2D eigenvalue weighted by atomic mass is 9.44. The normalized spacial score (nSPS) is 53.0. The molecule has 0 amide bonds. The van der Waals surface area contributed by atoms with Crippen molar-refractivity contribution in [1.29, 1.82) is 0 Å². The lowest BCUT2D eigenvalue weighted by Gasteiger charge is -2.62. The van der Waals surface area contributed by atoms with Crippen LogP contribution in [0.3, 0.4) is 0 Å². The maximum Gasteiger partial charge on any atom is 0.293 e. The molecule has 26 heavy (non-hydrogen) atoms. The smallest absolute Gasteiger partial charge is 0.293 e. The molecule has 9 unspecified atom stereocenters. The number of rotatable bonds is 4. The Balaban J connectivity index is 1.59. The van der Waals surface area contributed by atoms with E-state index in [-0.39, 0.29) is 29.1 Å². The Kier molecular flexibility index (Phi) is 4.57. The third-order valence-corrected chi connectivity index (χ3v) is 8.93. The zero-order valence-electron chi connectivity index (χ0n) is 15.9. The number of carbonyl (C=O) groups excluding carboxylic acids is 2.